The first kappa shape index (κ1) is 10.0. The van der Waals surface area contributed by atoms with Crippen LogP contribution >= 0.6 is 15.9 Å². The summed E-state index contributed by atoms with van der Waals surface area (Å²) < 4.78 is 24.4. The van der Waals surface area contributed by atoms with Crippen LogP contribution in [0.5, 0.6) is 5.75 Å². The average Bonchev–Trinajstić information content (AvgIpc) is 2.04. The van der Waals surface area contributed by atoms with Crippen LogP contribution in [0.4, 0.5) is 8.78 Å². The molecule has 0 unspecified atom stereocenters. The molecule has 0 aliphatic carbocycles. The largest absolute Gasteiger partial charge is 0.506 e. The first-order valence-corrected chi connectivity index (χ1v) is 3.98. The van der Waals surface area contributed by atoms with Gasteiger partial charge in [-0.05, 0) is 15.9 Å². The number of aromatic nitrogens is 1. The molecule has 1 heterocycles. The lowest BCUT2D eigenvalue weighted by molar-refractivity contribution is 0.111. The van der Waals surface area contributed by atoms with Gasteiger partial charge in [0.05, 0.1) is 16.2 Å². The van der Waals surface area contributed by atoms with Crippen molar-refractivity contribution in [2.45, 2.75) is 6.43 Å². The summed E-state index contributed by atoms with van der Waals surface area (Å²) in [5.74, 6) is -0.632. The van der Waals surface area contributed by atoms with E-state index >= 15 is 0 Å². The van der Waals surface area contributed by atoms with Crippen molar-refractivity contribution in [2.75, 3.05) is 0 Å². The quantitative estimate of drug-likeness (QED) is 0.821. The van der Waals surface area contributed by atoms with Crippen LogP contribution in [0.25, 0.3) is 0 Å². The van der Waals surface area contributed by atoms with E-state index in [1.54, 1.807) is 0 Å². The summed E-state index contributed by atoms with van der Waals surface area (Å²) in [6.45, 7) is 0. The second kappa shape index (κ2) is 3.78. The van der Waals surface area contributed by atoms with Crippen LogP contribution in [0.1, 0.15) is 22.5 Å². The lowest BCUT2D eigenvalue weighted by Gasteiger charge is -2.06. The lowest BCUT2D eigenvalue weighted by atomic mass is 10.2. The number of aromatic hydroxyl groups is 1. The molecule has 0 aliphatic heterocycles. The summed E-state index contributed by atoms with van der Waals surface area (Å²) in [7, 11) is 0. The van der Waals surface area contributed by atoms with Crippen molar-refractivity contribution in [1.29, 1.82) is 0 Å². The maximum Gasteiger partial charge on any atom is 0.268 e. The summed E-state index contributed by atoms with van der Waals surface area (Å²) >= 11 is 2.76. The number of alkyl halides is 2. The van der Waals surface area contributed by atoms with Crippen molar-refractivity contribution < 1.29 is 18.7 Å². The molecule has 0 bridgehead atoms. The fourth-order valence-corrected chi connectivity index (χ4v) is 1.37. The molecule has 0 saturated carbocycles. The molecule has 1 rings (SSSR count). The van der Waals surface area contributed by atoms with E-state index in [0.717, 1.165) is 6.20 Å². The Labute approximate surface area is 80.5 Å². The third kappa shape index (κ3) is 1.82. The summed E-state index contributed by atoms with van der Waals surface area (Å²) in [6, 6.07) is 0. The van der Waals surface area contributed by atoms with E-state index in [1.165, 1.54) is 0 Å². The third-order valence-corrected chi connectivity index (χ3v) is 2.23. The van der Waals surface area contributed by atoms with Gasteiger partial charge in [0, 0.05) is 0 Å². The van der Waals surface area contributed by atoms with Gasteiger partial charge in [-0.3, -0.25) is 4.79 Å². The molecule has 1 N–H and O–H groups in total. The second-order valence-corrected chi connectivity index (χ2v) is 2.97. The summed E-state index contributed by atoms with van der Waals surface area (Å²) in [4.78, 5) is 13.7. The van der Waals surface area contributed by atoms with Crippen LogP contribution in [-0.2, 0) is 0 Å². The molecule has 1 aromatic rings. The number of rotatable bonds is 2. The number of aldehydes is 1. The maximum atomic E-state index is 12.3. The average molecular weight is 252 g/mol. The Morgan fingerprint density at radius 2 is 2.23 bits per heavy atom. The van der Waals surface area contributed by atoms with Crippen molar-refractivity contribution in [1.82, 2.24) is 4.98 Å². The van der Waals surface area contributed by atoms with Crippen LogP contribution in [0.15, 0.2) is 10.7 Å². The van der Waals surface area contributed by atoms with Crippen molar-refractivity contribution in [2.24, 2.45) is 0 Å². The molecule has 0 spiro atoms. The molecule has 0 aromatic carbocycles. The molecule has 0 radical (unpaired) electrons. The summed E-state index contributed by atoms with van der Waals surface area (Å²) in [5, 5.41) is 8.99. The lowest BCUT2D eigenvalue weighted by Crippen LogP contribution is -1.95. The molecule has 70 valence electrons. The minimum absolute atomic E-state index is 0.159. The van der Waals surface area contributed by atoms with Gasteiger partial charge in [-0.25, -0.2) is 13.8 Å². The van der Waals surface area contributed by atoms with Gasteiger partial charge in [0.1, 0.15) is 11.4 Å². The highest BCUT2D eigenvalue weighted by molar-refractivity contribution is 9.10. The zero-order valence-corrected chi connectivity index (χ0v) is 7.75. The Balaban J connectivity index is 3.38. The number of carbonyl (C=O) groups is 1. The Morgan fingerprint density at radius 1 is 1.62 bits per heavy atom. The summed E-state index contributed by atoms with van der Waals surface area (Å²) in [5.41, 5.74) is -0.773. The Hall–Kier alpha value is -1.04. The van der Waals surface area contributed by atoms with Crippen LogP contribution < -0.4 is 0 Å². The van der Waals surface area contributed by atoms with Gasteiger partial charge >= 0.3 is 0 Å². The Bertz CT molecular complexity index is 344. The zero-order chi connectivity index (χ0) is 10.0. The molecule has 13 heavy (non-hydrogen) atoms. The minimum atomic E-state index is -2.85. The molecular weight excluding hydrogens is 248 g/mol. The highest BCUT2D eigenvalue weighted by Crippen LogP contribution is 2.35. The number of hydrogen-bond acceptors (Lipinski definition) is 3. The normalized spacial score (nSPS) is 10.5. The van der Waals surface area contributed by atoms with E-state index < -0.39 is 17.7 Å². The molecule has 0 aliphatic rings. The zero-order valence-electron chi connectivity index (χ0n) is 6.17. The van der Waals surface area contributed by atoms with Crippen LogP contribution in [0.3, 0.4) is 0 Å². The molecule has 6 heteroatoms. The topological polar surface area (TPSA) is 50.2 Å². The standard InChI is InChI=1S/C7H4BrF2NO2/c8-6-3(2-12)11-1-4(13)5(6)7(9)10/h1-2,7,13H. The van der Waals surface area contributed by atoms with Gasteiger partial charge in [0.25, 0.3) is 6.43 Å². The number of hydrogen-bond donors (Lipinski definition) is 1. The van der Waals surface area contributed by atoms with E-state index in [9.17, 15) is 13.6 Å². The molecule has 0 atom stereocenters. The molecule has 3 nitrogen and oxygen atoms in total. The molecule has 0 fully saturated rings. The smallest absolute Gasteiger partial charge is 0.268 e. The Kier molecular flexibility index (Phi) is 2.92. The number of pyridine rings is 1. The van der Waals surface area contributed by atoms with Gasteiger partial charge in [-0.2, -0.15) is 0 Å². The van der Waals surface area contributed by atoms with E-state index in [-0.39, 0.29) is 10.2 Å². The van der Waals surface area contributed by atoms with Gasteiger partial charge in [-0.1, -0.05) is 0 Å². The van der Waals surface area contributed by atoms with Gasteiger partial charge < -0.3 is 5.11 Å². The number of nitrogens with zero attached hydrogens (tertiary/aromatic N) is 1. The van der Waals surface area contributed by atoms with Gasteiger partial charge in [0.15, 0.2) is 6.29 Å². The molecule has 1 aromatic heterocycles. The minimum Gasteiger partial charge on any atom is -0.506 e. The van der Waals surface area contributed by atoms with Gasteiger partial charge in [-0.15, -0.1) is 0 Å². The fraction of sp³-hybridized carbons (Fsp3) is 0.143. The fourth-order valence-electron chi connectivity index (χ4n) is 0.797. The number of carbonyl (C=O) groups excluding carboxylic acids is 1. The summed E-state index contributed by atoms with van der Waals surface area (Å²) in [6.07, 6.45) is -1.71. The van der Waals surface area contributed by atoms with Crippen molar-refractivity contribution in [3.63, 3.8) is 0 Å². The third-order valence-electron chi connectivity index (χ3n) is 1.39. The van der Waals surface area contributed by atoms with E-state index in [0.29, 0.717) is 6.29 Å². The second-order valence-electron chi connectivity index (χ2n) is 2.17. The highest BCUT2D eigenvalue weighted by atomic mass is 79.9. The first-order valence-electron chi connectivity index (χ1n) is 3.18. The maximum absolute atomic E-state index is 12.3. The predicted molar refractivity (Wildman–Crippen MR) is 43.9 cm³/mol. The molecule has 0 saturated heterocycles. The van der Waals surface area contributed by atoms with Gasteiger partial charge in [0.2, 0.25) is 0 Å². The van der Waals surface area contributed by atoms with Crippen LogP contribution in [0, 0.1) is 0 Å². The van der Waals surface area contributed by atoms with Crippen molar-refractivity contribution >= 4 is 22.2 Å². The van der Waals surface area contributed by atoms with Crippen molar-refractivity contribution in [3.8, 4) is 5.75 Å². The van der Waals surface area contributed by atoms with E-state index in [2.05, 4.69) is 20.9 Å². The van der Waals surface area contributed by atoms with Crippen LogP contribution in [-0.4, -0.2) is 16.4 Å². The number of halogens is 3. The predicted octanol–water partition coefficient (Wildman–Crippen LogP) is 2.30. The van der Waals surface area contributed by atoms with Crippen molar-refractivity contribution in [3.05, 3.63) is 21.9 Å². The molecule has 0 amide bonds. The van der Waals surface area contributed by atoms with E-state index in [4.69, 9.17) is 5.11 Å². The Morgan fingerprint density at radius 3 is 2.69 bits per heavy atom. The van der Waals surface area contributed by atoms with E-state index in [1.807, 2.05) is 0 Å². The first-order chi connectivity index (χ1) is 6.07. The SMILES string of the molecule is O=Cc1ncc(O)c(C(F)F)c1Br. The highest BCUT2D eigenvalue weighted by Gasteiger charge is 2.19. The molecular formula is C7H4BrF2NO2. The van der Waals surface area contributed by atoms with Crippen LogP contribution in [0.2, 0.25) is 0 Å². The monoisotopic (exact) mass is 251 g/mol.